The van der Waals surface area contributed by atoms with Gasteiger partial charge in [-0.15, -0.1) is 0 Å². The Hall–Kier alpha value is -0.630. The highest BCUT2D eigenvalue weighted by atomic mass is 16.5. The Morgan fingerprint density at radius 2 is 2.60 bits per heavy atom. The van der Waals surface area contributed by atoms with Crippen LogP contribution < -0.4 is 0 Å². The number of carbonyl (C=O) groups excluding carboxylic acids is 1. The van der Waals surface area contributed by atoms with Gasteiger partial charge in [0.25, 0.3) is 0 Å². The molecule has 2 heteroatoms. The summed E-state index contributed by atoms with van der Waals surface area (Å²) >= 11 is 0. The van der Waals surface area contributed by atoms with Crippen molar-refractivity contribution in [3.63, 3.8) is 0 Å². The van der Waals surface area contributed by atoms with Crippen molar-refractivity contribution < 1.29 is 9.53 Å². The minimum atomic E-state index is 0.334. The smallest absolute Gasteiger partial charge is 0.145 e. The average molecular weight is 138 g/mol. The molecule has 0 radical (unpaired) electrons. The normalized spacial score (nSPS) is 37.4. The molecule has 54 valence electrons. The summed E-state index contributed by atoms with van der Waals surface area (Å²) in [7, 11) is 0. The molecule has 0 amide bonds. The van der Waals surface area contributed by atoms with E-state index in [1.54, 1.807) is 0 Å². The van der Waals surface area contributed by atoms with Gasteiger partial charge in [0, 0.05) is 18.9 Å². The quantitative estimate of drug-likeness (QED) is 0.504. The first-order chi connectivity index (χ1) is 4.90. The maximum atomic E-state index is 10.3. The van der Waals surface area contributed by atoms with E-state index >= 15 is 0 Å². The van der Waals surface area contributed by atoms with Crippen molar-refractivity contribution in [2.24, 2.45) is 5.92 Å². The van der Waals surface area contributed by atoms with Gasteiger partial charge in [0.1, 0.15) is 6.29 Å². The minimum absolute atomic E-state index is 0.334. The fraction of sp³-hybridized carbons (Fsp3) is 0.625. The van der Waals surface area contributed by atoms with Crippen molar-refractivity contribution in [1.82, 2.24) is 0 Å². The predicted molar refractivity (Wildman–Crippen MR) is 36.6 cm³/mol. The summed E-state index contributed by atoms with van der Waals surface area (Å²) in [6, 6.07) is 0. The molecule has 0 aromatic rings. The van der Waals surface area contributed by atoms with Gasteiger partial charge in [0.15, 0.2) is 0 Å². The number of rotatable bonds is 1. The molecule has 0 aromatic carbocycles. The number of hydrogen-bond donors (Lipinski definition) is 0. The van der Waals surface area contributed by atoms with Gasteiger partial charge in [0.2, 0.25) is 0 Å². The molecule has 1 fully saturated rings. The fourth-order valence-electron chi connectivity index (χ4n) is 1.73. The van der Waals surface area contributed by atoms with Gasteiger partial charge < -0.3 is 4.74 Å². The van der Waals surface area contributed by atoms with E-state index in [1.165, 1.54) is 0 Å². The zero-order chi connectivity index (χ0) is 6.97. The molecule has 2 rings (SSSR count). The molecule has 0 spiro atoms. The van der Waals surface area contributed by atoms with Crippen molar-refractivity contribution in [3.05, 3.63) is 11.6 Å². The standard InChI is InChI=1S/C8H10O2/c9-5-6-3-7-1-2-10-8(7)4-6/h3,5,7-8H,1-2,4H2/t7-,8+/m1/s1. The Morgan fingerprint density at radius 3 is 3.30 bits per heavy atom. The number of carbonyl (C=O) groups is 1. The molecule has 10 heavy (non-hydrogen) atoms. The van der Waals surface area contributed by atoms with Gasteiger partial charge in [-0.2, -0.15) is 0 Å². The first-order valence-corrected chi connectivity index (χ1v) is 3.67. The summed E-state index contributed by atoms with van der Waals surface area (Å²) in [5.74, 6) is 0.542. The van der Waals surface area contributed by atoms with Crippen molar-refractivity contribution in [2.75, 3.05) is 6.61 Å². The van der Waals surface area contributed by atoms with Crippen LogP contribution in [-0.4, -0.2) is 19.0 Å². The molecule has 0 bridgehead atoms. The molecule has 1 aliphatic heterocycles. The summed E-state index contributed by atoms with van der Waals surface area (Å²) in [6.07, 6.45) is 5.28. The summed E-state index contributed by atoms with van der Waals surface area (Å²) in [4.78, 5) is 10.3. The minimum Gasteiger partial charge on any atom is -0.377 e. The van der Waals surface area contributed by atoms with E-state index in [1.807, 2.05) is 0 Å². The second-order valence-electron chi connectivity index (χ2n) is 2.93. The molecule has 0 aromatic heterocycles. The van der Waals surface area contributed by atoms with E-state index in [2.05, 4.69) is 6.08 Å². The highest BCUT2D eigenvalue weighted by Crippen LogP contribution is 2.33. The van der Waals surface area contributed by atoms with Crippen molar-refractivity contribution in [3.8, 4) is 0 Å². The summed E-state index contributed by atoms with van der Waals surface area (Å²) in [5.41, 5.74) is 0.926. The Morgan fingerprint density at radius 1 is 1.70 bits per heavy atom. The third-order valence-electron chi connectivity index (χ3n) is 2.28. The lowest BCUT2D eigenvalue weighted by atomic mass is 10.1. The Kier molecular flexibility index (Phi) is 1.34. The van der Waals surface area contributed by atoms with Crippen LogP contribution in [0.3, 0.4) is 0 Å². The third-order valence-corrected chi connectivity index (χ3v) is 2.28. The molecule has 1 aliphatic carbocycles. The lowest BCUT2D eigenvalue weighted by molar-refractivity contribution is -0.105. The topological polar surface area (TPSA) is 26.3 Å². The summed E-state index contributed by atoms with van der Waals surface area (Å²) < 4.78 is 5.40. The molecule has 0 saturated carbocycles. The molecular weight excluding hydrogens is 128 g/mol. The van der Waals surface area contributed by atoms with Crippen molar-refractivity contribution in [1.29, 1.82) is 0 Å². The SMILES string of the molecule is O=CC1=C[C@H]2CCO[C@H]2C1. The maximum Gasteiger partial charge on any atom is 0.145 e. The first kappa shape index (κ1) is 6.10. The monoisotopic (exact) mass is 138 g/mol. The van der Waals surface area contributed by atoms with Crippen LogP contribution in [0.25, 0.3) is 0 Å². The van der Waals surface area contributed by atoms with Gasteiger partial charge in [-0.05, 0) is 12.0 Å². The van der Waals surface area contributed by atoms with E-state index in [9.17, 15) is 4.79 Å². The van der Waals surface area contributed by atoms with Crippen LogP contribution in [0.5, 0.6) is 0 Å². The summed E-state index contributed by atoms with van der Waals surface area (Å²) in [5, 5.41) is 0. The predicted octanol–water partition coefficient (Wildman–Crippen LogP) is 0.920. The van der Waals surface area contributed by atoms with E-state index in [-0.39, 0.29) is 0 Å². The van der Waals surface area contributed by atoms with Crippen LogP contribution in [0, 0.1) is 5.92 Å². The largest absolute Gasteiger partial charge is 0.377 e. The van der Waals surface area contributed by atoms with E-state index in [0.29, 0.717) is 12.0 Å². The molecular formula is C8H10O2. The number of aldehydes is 1. The van der Waals surface area contributed by atoms with Gasteiger partial charge in [-0.3, -0.25) is 4.79 Å². The van der Waals surface area contributed by atoms with Crippen LogP contribution in [0.1, 0.15) is 12.8 Å². The number of hydrogen-bond acceptors (Lipinski definition) is 2. The zero-order valence-electron chi connectivity index (χ0n) is 5.75. The van der Waals surface area contributed by atoms with E-state index < -0.39 is 0 Å². The summed E-state index contributed by atoms with van der Waals surface area (Å²) in [6.45, 7) is 0.873. The average Bonchev–Trinajstić information content (AvgIpc) is 2.42. The van der Waals surface area contributed by atoms with Gasteiger partial charge in [-0.1, -0.05) is 6.08 Å². The van der Waals surface area contributed by atoms with Crippen molar-refractivity contribution in [2.45, 2.75) is 18.9 Å². The van der Waals surface area contributed by atoms with Crippen molar-refractivity contribution >= 4 is 6.29 Å². The molecule has 1 heterocycles. The fourth-order valence-corrected chi connectivity index (χ4v) is 1.73. The molecule has 2 nitrogen and oxygen atoms in total. The first-order valence-electron chi connectivity index (χ1n) is 3.67. The molecule has 0 N–H and O–H groups in total. The maximum absolute atomic E-state index is 10.3. The molecule has 0 unspecified atom stereocenters. The molecule has 2 atom stereocenters. The van der Waals surface area contributed by atoms with Crippen LogP contribution in [0.4, 0.5) is 0 Å². The highest BCUT2D eigenvalue weighted by Gasteiger charge is 2.32. The second-order valence-corrected chi connectivity index (χ2v) is 2.93. The van der Waals surface area contributed by atoms with Gasteiger partial charge in [-0.25, -0.2) is 0 Å². The Labute approximate surface area is 59.9 Å². The van der Waals surface area contributed by atoms with E-state index in [0.717, 1.165) is 31.3 Å². The van der Waals surface area contributed by atoms with E-state index in [4.69, 9.17) is 4.74 Å². The van der Waals surface area contributed by atoms with Gasteiger partial charge >= 0.3 is 0 Å². The lowest BCUT2D eigenvalue weighted by Crippen LogP contribution is -2.07. The van der Waals surface area contributed by atoms with Crippen LogP contribution in [-0.2, 0) is 9.53 Å². The van der Waals surface area contributed by atoms with Crippen LogP contribution in [0.15, 0.2) is 11.6 Å². The molecule has 2 aliphatic rings. The second kappa shape index (κ2) is 2.20. The van der Waals surface area contributed by atoms with Crippen LogP contribution >= 0.6 is 0 Å². The highest BCUT2D eigenvalue weighted by molar-refractivity contribution is 5.74. The molecule has 1 saturated heterocycles. The Balaban J connectivity index is 2.13. The Bertz CT molecular complexity index is 184. The zero-order valence-corrected chi connectivity index (χ0v) is 5.75. The number of ether oxygens (including phenoxy) is 1. The number of fused-ring (bicyclic) bond motifs is 1. The van der Waals surface area contributed by atoms with Gasteiger partial charge in [0.05, 0.1) is 6.10 Å². The third kappa shape index (κ3) is 0.797. The van der Waals surface area contributed by atoms with Crippen LogP contribution in [0.2, 0.25) is 0 Å². The lowest BCUT2D eigenvalue weighted by Gasteiger charge is -2.04.